The Bertz CT molecular complexity index is 125. The van der Waals surface area contributed by atoms with E-state index in [0.29, 0.717) is 0 Å². The molecule has 0 N–H and O–H groups in total. The van der Waals surface area contributed by atoms with Gasteiger partial charge in [-0.15, -0.1) is 0 Å². The molecule has 0 fully saturated rings. The van der Waals surface area contributed by atoms with Crippen LogP contribution in [0.4, 0.5) is 0 Å². The minimum atomic E-state index is 1.26. The smallest absolute Gasteiger partial charge is 0.00556 e. The van der Waals surface area contributed by atoms with Crippen LogP contribution in [-0.2, 0) is 0 Å². The summed E-state index contributed by atoms with van der Waals surface area (Å²) in [6.07, 6.45) is 8.93. The molecule has 0 radical (unpaired) electrons. The zero-order valence-electron chi connectivity index (χ0n) is 9.06. The lowest BCUT2D eigenvalue weighted by molar-refractivity contribution is 0.551. The lowest BCUT2D eigenvalue weighted by Crippen LogP contribution is -2.01. The summed E-state index contributed by atoms with van der Waals surface area (Å²) in [7, 11) is 4.16. The molecule has 0 aliphatic rings. The number of unbranched alkanes of at least 4 members (excludes halogenated alkanes) is 3. The SMILES string of the molecule is CCCCCC/C(C)=C/N(C)C. The van der Waals surface area contributed by atoms with Crippen molar-refractivity contribution in [3.05, 3.63) is 11.8 Å². The summed E-state index contributed by atoms with van der Waals surface area (Å²) in [5.41, 5.74) is 1.50. The van der Waals surface area contributed by atoms with Crippen LogP contribution in [0.3, 0.4) is 0 Å². The summed E-state index contributed by atoms with van der Waals surface area (Å²) < 4.78 is 0. The maximum Gasteiger partial charge on any atom is 0.00556 e. The van der Waals surface area contributed by atoms with Crippen molar-refractivity contribution >= 4 is 0 Å². The molecule has 0 aliphatic heterocycles. The van der Waals surface area contributed by atoms with Gasteiger partial charge in [0.15, 0.2) is 0 Å². The average Bonchev–Trinajstić information content (AvgIpc) is 1.97. The number of rotatable bonds is 6. The monoisotopic (exact) mass is 169 g/mol. The highest BCUT2D eigenvalue weighted by atomic mass is 15.0. The van der Waals surface area contributed by atoms with E-state index in [1.54, 1.807) is 0 Å². The summed E-state index contributed by atoms with van der Waals surface area (Å²) in [5.74, 6) is 0. The summed E-state index contributed by atoms with van der Waals surface area (Å²) >= 11 is 0. The molecular formula is C11H23N. The van der Waals surface area contributed by atoms with Gasteiger partial charge in [0.2, 0.25) is 0 Å². The molecule has 12 heavy (non-hydrogen) atoms. The predicted molar refractivity (Wildman–Crippen MR) is 56.2 cm³/mol. The van der Waals surface area contributed by atoms with Gasteiger partial charge in [-0.1, -0.05) is 31.8 Å². The first-order valence-corrected chi connectivity index (χ1v) is 5.00. The van der Waals surface area contributed by atoms with Crippen LogP contribution in [0.25, 0.3) is 0 Å². The van der Waals surface area contributed by atoms with E-state index in [9.17, 15) is 0 Å². The molecular weight excluding hydrogens is 146 g/mol. The maximum atomic E-state index is 2.25. The molecule has 0 aliphatic carbocycles. The van der Waals surface area contributed by atoms with E-state index < -0.39 is 0 Å². The Morgan fingerprint density at radius 1 is 1.17 bits per heavy atom. The van der Waals surface area contributed by atoms with Gasteiger partial charge in [-0.25, -0.2) is 0 Å². The molecule has 0 aromatic rings. The van der Waals surface area contributed by atoms with Gasteiger partial charge in [0.1, 0.15) is 0 Å². The Kier molecular flexibility index (Phi) is 6.93. The second-order valence-electron chi connectivity index (χ2n) is 3.75. The lowest BCUT2D eigenvalue weighted by Gasteiger charge is -2.07. The van der Waals surface area contributed by atoms with Crippen molar-refractivity contribution in [2.45, 2.75) is 46.0 Å². The molecule has 72 valence electrons. The van der Waals surface area contributed by atoms with E-state index in [0.717, 1.165) is 0 Å². The minimum absolute atomic E-state index is 1.26. The third-order valence-corrected chi connectivity index (χ3v) is 1.90. The van der Waals surface area contributed by atoms with Crippen LogP contribution in [0.15, 0.2) is 11.8 Å². The van der Waals surface area contributed by atoms with Crippen molar-refractivity contribution in [3.63, 3.8) is 0 Å². The molecule has 1 nitrogen and oxygen atoms in total. The summed E-state index contributed by atoms with van der Waals surface area (Å²) in [6, 6.07) is 0. The van der Waals surface area contributed by atoms with E-state index in [-0.39, 0.29) is 0 Å². The molecule has 0 amide bonds. The van der Waals surface area contributed by atoms with Gasteiger partial charge in [0.05, 0.1) is 0 Å². The lowest BCUT2D eigenvalue weighted by atomic mass is 10.1. The van der Waals surface area contributed by atoms with Crippen molar-refractivity contribution < 1.29 is 0 Å². The van der Waals surface area contributed by atoms with Crippen molar-refractivity contribution in [2.75, 3.05) is 14.1 Å². The molecule has 0 aromatic carbocycles. The maximum absolute atomic E-state index is 2.25. The van der Waals surface area contributed by atoms with Gasteiger partial charge in [-0.3, -0.25) is 0 Å². The Morgan fingerprint density at radius 3 is 2.33 bits per heavy atom. The van der Waals surface area contributed by atoms with Crippen LogP contribution >= 0.6 is 0 Å². The van der Waals surface area contributed by atoms with Gasteiger partial charge in [0.25, 0.3) is 0 Å². The second kappa shape index (κ2) is 7.20. The van der Waals surface area contributed by atoms with Gasteiger partial charge in [0, 0.05) is 14.1 Å². The fourth-order valence-electron chi connectivity index (χ4n) is 1.34. The highest BCUT2D eigenvalue weighted by Crippen LogP contribution is 2.09. The third kappa shape index (κ3) is 7.64. The van der Waals surface area contributed by atoms with Crippen molar-refractivity contribution in [3.8, 4) is 0 Å². The topological polar surface area (TPSA) is 3.24 Å². The van der Waals surface area contributed by atoms with Gasteiger partial charge >= 0.3 is 0 Å². The van der Waals surface area contributed by atoms with Crippen LogP contribution in [0.5, 0.6) is 0 Å². The summed E-state index contributed by atoms with van der Waals surface area (Å²) in [6.45, 7) is 4.47. The van der Waals surface area contributed by atoms with Crippen molar-refractivity contribution in [2.24, 2.45) is 0 Å². The number of nitrogens with zero attached hydrogens (tertiary/aromatic N) is 1. The first-order chi connectivity index (χ1) is 5.66. The summed E-state index contributed by atoms with van der Waals surface area (Å²) in [5, 5.41) is 0. The molecule has 0 saturated heterocycles. The molecule has 0 rings (SSSR count). The highest BCUT2D eigenvalue weighted by Gasteiger charge is 1.91. The van der Waals surface area contributed by atoms with Gasteiger partial charge in [-0.05, 0) is 26.0 Å². The first-order valence-electron chi connectivity index (χ1n) is 5.00. The Labute approximate surface area is 77.5 Å². The Balaban J connectivity index is 3.37. The predicted octanol–water partition coefficient (Wildman–Crippen LogP) is 3.42. The Morgan fingerprint density at radius 2 is 1.83 bits per heavy atom. The first kappa shape index (κ1) is 11.5. The van der Waals surface area contributed by atoms with E-state index in [1.165, 1.54) is 37.7 Å². The van der Waals surface area contributed by atoms with Crippen LogP contribution in [0, 0.1) is 0 Å². The molecule has 0 unspecified atom stereocenters. The van der Waals surface area contributed by atoms with E-state index in [2.05, 4.69) is 39.0 Å². The number of hydrogen-bond donors (Lipinski definition) is 0. The van der Waals surface area contributed by atoms with E-state index >= 15 is 0 Å². The largest absolute Gasteiger partial charge is 0.384 e. The molecule has 0 bridgehead atoms. The molecule has 0 atom stereocenters. The van der Waals surface area contributed by atoms with Crippen molar-refractivity contribution in [1.29, 1.82) is 0 Å². The molecule has 0 saturated carbocycles. The Hall–Kier alpha value is -0.460. The average molecular weight is 169 g/mol. The van der Waals surface area contributed by atoms with Crippen molar-refractivity contribution in [1.82, 2.24) is 4.90 Å². The van der Waals surface area contributed by atoms with E-state index in [1.807, 2.05) is 0 Å². The van der Waals surface area contributed by atoms with Crippen LogP contribution in [0.2, 0.25) is 0 Å². The van der Waals surface area contributed by atoms with Crippen LogP contribution in [0.1, 0.15) is 46.0 Å². The van der Waals surface area contributed by atoms with Crippen LogP contribution in [-0.4, -0.2) is 19.0 Å². The molecule has 0 aromatic heterocycles. The van der Waals surface area contributed by atoms with Gasteiger partial charge < -0.3 is 4.90 Å². The molecule has 1 heteroatoms. The number of allylic oxidation sites excluding steroid dienone is 1. The quantitative estimate of drug-likeness (QED) is 0.551. The fourth-order valence-corrected chi connectivity index (χ4v) is 1.34. The zero-order chi connectivity index (χ0) is 9.40. The van der Waals surface area contributed by atoms with Gasteiger partial charge in [-0.2, -0.15) is 0 Å². The highest BCUT2D eigenvalue weighted by molar-refractivity contribution is 4.95. The van der Waals surface area contributed by atoms with E-state index in [4.69, 9.17) is 0 Å². The number of hydrogen-bond acceptors (Lipinski definition) is 1. The summed E-state index contributed by atoms with van der Waals surface area (Å²) in [4.78, 5) is 2.12. The molecule has 0 spiro atoms. The third-order valence-electron chi connectivity index (χ3n) is 1.90. The zero-order valence-corrected chi connectivity index (χ0v) is 9.06. The fraction of sp³-hybridized carbons (Fsp3) is 0.818. The molecule has 0 heterocycles. The standard InChI is InChI=1S/C11H23N/c1-5-6-7-8-9-11(2)10-12(3)4/h10H,5-9H2,1-4H3/b11-10+. The second-order valence-corrected chi connectivity index (χ2v) is 3.75. The minimum Gasteiger partial charge on any atom is -0.384 e. The normalized spacial score (nSPS) is 11.8. The van der Waals surface area contributed by atoms with Crippen LogP contribution < -0.4 is 0 Å².